The highest BCUT2D eigenvalue weighted by atomic mass is 32.1. The SMILES string of the molecule is CC1=CCC(C(C)(CC=CC(C)C)N=C=S)CC1. The molecule has 0 aliphatic heterocycles. The fraction of sp³-hybridized carbons (Fsp3) is 0.688. The zero-order valence-electron chi connectivity index (χ0n) is 12.1. The Hall–Kier alpha value is -0.720. The van der Waals surface area contributed by atoms with E-state index in [0.717, 1.165) is 12.8 Å². The van der Waals surface area contributed by atoms with E-state index in [2.05, 4.69) is 56.1 Å². The Labute approximate surface area is 117 Å². The van der Waals surface area contributed by atoms with Crippen LogP contribution in [0.4, 0.5) is 0 Å². The zero-order valence-corrected chi connectivity index (χ0v) is 12.9. The molecule has 0 saturated heterocycles. The normalized spacial score (nSPS) is 23.6. The first-order valence-electron chi connectivity index (χ1n) is 6.89. The third-order valence-corrected chi connectivity index (χ3v) is 3.96. The molecule has 0 bridgehead atoms. The van der Waals surface area contributed by atoms with Gasteiger partial charge >= 0.3 is 0 Å². The van der Waals surface area contributed by atoms with Gasteiger partial charge in [0.15, 0.2) is 0 Å². The highest BCUT2D eigenvalue weighted by Crippen LogP contribution is 2.36. The molecule has 2 heteroatoms. The van der Waals surface area contributed by atoms with E-state index >= 15 is 0 Å². The molecule has 18 heavy (non-hydrogen) atoms. The quantitative estimate of drug-likeness (QED) is 0.377. The van der Waals surface area contributed by atoms with Gasteiger partial charge in [0, 0.05) is 0 Å². The number of hydrogen-bond acceptors (Lipinski definition) is 2. The summed E-state index contributed by atoms with van der Waals surface area (Å²) >= 11 is 4.84. The lowest BCUT2D eigenvalue weighted by atomic mass is 9.75. The second-order valence-electron chi connectivity index (χ2n) is 5.96. The van der Waals surface area contributed by atoms with Crippen LogP contribution in [0.15, 0.2) is 28.8 Å². The summed E-state index contributed by atoms with van der Waals surface area (Å²) in [6.45, 7) is 8.83. The molecule has 0 aromatic carbocycles. The third-order valence-electron chi connectivity index (χ3n) is 3.87. The van der Waals surface area contributed by atoms with Gasteiger partial charge in [-0.2, -0.15) is 0 Å². The van der Waals surface area contributed by atoms with Crippen molar-refractivity contribution in [2.24, 2.45) is 16.8 Å². The number of rotatable bonds is 5. The second kappa shape index (κ2) is 7.01. The van der Waals surface area contributed by atoms with Crippen LogP contribution in [0.2, 0.25) is 0 Å². The summed E-state index contributed by atoms with van der Waals surface area (Å²) in [5.74, 6) is 1.19. The molecule has 0 aromatic heterocycles. The summed E-state index contributed by atoms with van der Waals surface area (Å²) in [5, 5.41) is 2.61. The minimum Gasteiger partial charge on any atom is -0.225 e. The van der Waals surface area contributed by atoms with Gasteiger partial charge in [0.2, 0.25) is 0 Å². The van der Waals surface area contributed by atoms with Gasteiger partial charge in [-0.05, 0) is 63.6 Å². The Bertz CT molecular complexity index is 375. The van der Waals surface area contributed by atoms with E-state index in [4.69, 9.17) is 12.2 Å². The summed E-state index contributed by atoms with van der Waals surface area (Å²) in [6, 6.07) is 0. The molecule has 0 saturated carbocycles. The summed E-state index contributed by atoms with van der Waals surface area (Å²) in [5.41, 5.74) is 1.43. The van der Waals surface area contributed by atoms with E-state index in [1.165, 1.54) is 18.4 Å². The number of hydrogen-bond donors (Lipinski definition) is 0. The van der Waals surface area contributed by atoms with E-state index in [9.17, 15) is 0 Å². The summed E-state index contributed by atoms with van der Waals surface area (Å²) in [6.07, 6.45) is 11.4. The number of thiocarbonyl (C=S) groups is 1. The van der Waals surface area contributed by atoms with E-state index in [1.54, 1.807) is 0 Å². The van der Waals surface area contributed by atoms with Gasteiger partial charge in [-0.3, -0.25) is 0 Å². The van der Waals surface area contributed by atoms with Crippen molar-refractivity contribution in [1.29, 1.82) is 0 Å². The Morgan fingerprint density at radius 1 is 1.61 bits per heavy atom. The lowest BCUT2D eigenvalue weighted by molar-refractivity contribution is 0.277. The second-order valence-corrected chi connectivity index (χ2v) is 6.14. The fourth-order valence-electron chi connectivity index (χ4n) is 2.52. The van der Waals surface area contributed by atoms with Crippen molar-refractivity contribution in [3.63, 3.8) is 0 Å². The number of aliphatic imine (C=N–C) groups is 1. The first kappa shape index (κ1) is 15.3. The van der Waals surface area contributed by atoms with Crippen LogP contribution in [0, 0.1) is 11.8 Å². The molecule has 1 nitrogen and oxygen atoms in total. The average molecular weight is 263 g/mol. The molecule has 0 amide bonds. The standard InChI is InChI=1S/C16H25NS/c1-13(2)6-5-11-16(4,17-12-18)15-9-7-14(3)8-10-15/h5-7,13,15H,8-11H2,1-4H3. The van der Waals surface area contributed by atoms with Crippen LogP contribution in [0.5, 0.6) is 0 Å². The average Bonchev–Trinajstić information content (AvgIpc) is 2.29. The van der Waals surface area contributed by atoms with Crippen LogP contribution in [0.25, 0.3) is 0 Å². The molecule has 1 aliphatic rings. The fourth-order valence-corrected chi connectivity index (χ4v) is 2.73. The van der Waals surface area contributed by atoms with Gasteiger partial charge in [0.25, 0.3) is 0 Å². The van der Waals surface area contributed by atoms with Crippen LogP contribution in [0.1, 0.15) is 53.4 Å². The van der Waals surface area contributed by atoms with Gasteiger partial charge < -0.3 is 0 Å². The molecule has 2 atom stereocenters. The van der Waals surface area contributed by atoms with Gasteiger partial charge in [-0.1, -0.05) is 37.6 Å². The molecular weight excluding hydrogens is 238 g/mol. The van der Waals surface area contributed by atoms with E-state index in [1.807, 2.05) is 0 Å². The lowest BCUT2D eigenvalue weighted by Gasteiger charge is -2.34. The first-order valence-corrected chi connectivity index (χ1v) is 7.30. The summed E-state index contributed by atoms with van der Waals surface area (Å²) in [4.78, 5) is 4.49. The van der Waals surface area contributed by atoms with Crippen LogP contribution in [0.3, 0.4) is 0 Å². The van der Waals surface area contributed by atoms with Gasteiger partial charge in [-0.15, -0.1) is 0 Å². The van der Waals surface area contributed by atoms with Crippen molar-refractivity contribution in [3.05, 3.63) is 23.8 Å². The molecule has 0 spiro atoms. The van der Waals surface area contributed by atoms with Crippen molar-refractivity contribution >= 4 is 17.4 Å². The highest BCUT2D eigenvalue weighted by molar-refractivity contribution is 7.78. The number of isothiocyanates is 1. The molecule has 0 fully saturated rings. The maximum Gasteiger partial charge on any atom is 0.0748 e. The Balaban J connectivity index is 2.77. The maximum absolute atomic E-state index is 4.84. The third kappa shape index (κ3) is 4.51. The van der Waals surface area contributed by atoms with Crippen molar-refractivity contribution in [1.82, 2.24) is 0 Å². The lowest BCUT2D eigenvalue weighted by Crippen LogP contribution is -2.33. The topological polar surface area (TPSA) is 12.4 Å². The molecule has 0 radical (unpaired) electrons. The predicted octanol–water partition coefficient (Wildman–Crippen LogP) is 5.20. The van der Waals surface area contributed by atoms with Crippen LogP contribution in [-0.2, 0) is 0 Å². The highest BCUT2D eigenvalue weighted by Gasteiger charge is 2.33. The molecule has 2 unspecified atom stereocenters. The monoisotopic (exact) mass is 263 g/mol. The Morgan fingerprint density at radius 3 is 2.83 bits per heavy atom. The van der Waals surface area contributed by atoms with Crippen molar-refractivity contribution in [2.45, 2.75) is 58.9 Å². The van der Waals surface area contributed by atoms with E-state index in [-0.39, 0.29) is 5.54 Å². The largest absolute Gasteiger partial charge is 0.225 e. The zero-order chi connectivity index (χ0) is 13.6. The molecule has 0 aromatic rings. The van der Waals surface area contributed by atoms with Crippen molar-refractivity contribution in [3.8, 4) is 0 Å². The van der Waals surface area contributed by atoms with E-state index in [0.29, 0.717) is 11.8 Å². The number of allylic oxidation sites excluding steroid dienone is 3. The molecule has 100 valence electrons. The van der Waals surface area contributed by atoms with Crippen LogP contribution in [-0.4, -0.2) is 10.7 Å². The molecule has 0 heterocycles. The summed E-state index contributed by atoms with van der Waals surface area (Å²) < 4.78 is 0. The predicted molar refractivity (Wildman–Crippen MR) is 83.1 cm³/mol. The van der Waals surface area contributed by atoms with Crippen molar-refractivity contribution in [2.75, 3.05) is 0 Å². The summed E-state index contributed by atoms with van der Waals surface area (Å²) in [7, 11) is 0. The van der Waals surface area contributed by atoms with Gasteiger partial charge in [0.05, 0.1) is 10.7 Å². The van der Waals surface area contributed by atoms with Gasteiger partial charge in [-0.25, -0.2) is 4.99 Å². The van der Waals surface area contributed by atoms with Crippen LogP contribution < -0.4 is 0 Å². The molecular formula is C16H25NS. The maximum atomic E-state index is 4.84. The number of nitrogens with zero attached hydrogens (tertiary/aromatic N) is 1. The minimum absolute atomic E-state index is 0.0790. The Morgan fingerprint density at radius 2 is 2.33 bits per heavy atom. The van der Waals surface area contributed by atoms with Crippen LogP contribution >= 0.6 is 12.2 Å². The van der Waals surface area contributed by atoms with Crippen molar-refractivity contribution < 1.29 is 0 Å². The molecule has 1 aliphatic carbocycles. The molecule has 1 rings (SSSR count). The smallest absolute Gasteiger partial charge is 0.0748 e. The minimum atomic E-state index is -0.0790. The Kier molecular flexibility index (Phi) is 5.98. The van der Waals surface area contributed by atoms with Gasteiger partial charge in [0.1, 0.15) is 0 Å². The van der Waals surface area contributed by atoms with E-state index < -0.39 is 0 Å². The molecule has 0 N–H and O–H groups in total. The first-order chi connectivity index (χ1) is 8.48.